The highest BCUT2D eigenvalue weighted by atomic mass is 32.2. The Morgan fingerprint density at radius 2 is 2.47 bits per heavy atom. The van der Waals surface area contributed by atoms with Crippen LogP contribution in [0.5, 0.6) is 0 Å². The van der Waals surface area contributed by atoms with E-state index in [1.54, 1.807) is 11.8 Å². The lowest BCUT2D eigenvalue weighted by Crippen LogP contribution is -2.52. The predicted molar refractivity (Wildman–Crippen MR) is 63.0 cm³/mol. The summed E-state index contributed by atoms with van der Waals surface area (Å²) < 4.78 is 5.26. The van der Waals surface area contributed by atoms with Gasteiger partial charge in [0, 0.05) is 6.61 Å². The van der Waals surface area contributed by atoms with Crippen molar-refractivity contribution in [3.63, 3.8) is 0 Å². The van der Waals surface area contributed by atoms with Gasteiger partial charge in [-0.2, -0.15) is 11.8 Å². The number of carbonyl (C=O) groups excluding carboxylic acids is 1. The quantitative estimate of drug-likeness (QED) is 0.718. The molecule has 1 rings (SSSR count). The Kier molecular flexibility index (Phi) is 4.89. The molecule has 1 unspecified atom stereocenters. The number of carbonyl (C=O) groups is 1. The van der Waals surface area contributed by atoms with Crippen LogP contribution in [0.4, 0.5) is 0 Å². The smallest absolute Gasteiger partial charge is 0.237 e. The second kappa shape index (κ2) is 5.72. The second-order valence-corrected chi connectivity index (χ2v) is 5.23. The molecule has 0 saturated carbocycles. The Bertz CT molecular complexity index is 217. The van der Waals surface area contributed by atoms with Gasteiger partial charge in [-0.25, -0.2) is 0 Å². The van der Waals surface area contributed by atoms with Gasteiger partial charge >= 0.3 is 0 Å². The van der Waals surface area contributed by atoms with Crippen LogP contribution in [0.2, 0.25) is 0 Å². The van der Waals surface area contributed by atoms with Gasteiger partial charge in [-0.15, -0.1) is 0 Å². The zero-order valence-electron chi connectivity index (χ0n) is 9.41. The summed E-state index contributed by atoms with van der Waals surface area (Å²) >= 11 is 1.70. The Hall–Kier alpha value is -0.260. The summed E-state index contributed by atoms with van der Waals surface area (Å²) in [6.07, 6.45) is 3.61. The lowest BCUT2D eigenvalue weighted by molar-refractivity contribution is -0.124. The Balaban J connectivity index is 2.33. The van der Waals surface area contributed by atoms with E-state index < -0.39 is 6.04 Å². The van der Waals surface area contributed by atoms with Crippen molar-refractivity contribution in [3.05, 3.63) is 0 Å². The number of hydrogen-bond acceptors (Lipinski definition) is 4. The molecule has 0 radical (unpaired) electrons. The Morgan fingerprint density at radius 3 is 3.00 bits per heavy atom. The van der Waals surface area contributed by atoms with Crippen LogP contribution in [0.3, 0.4) is 0 Å². The molecule has 0 aliphatic carbocycles. The minimum atomic E-state index is -0.394. The lowest BCUT2D eigenvalue weighted by atomic mass is 10.0. The molecule has 88 valence electrons. The van der Waals surface area contributed by atoms with Crippen molar-refractivity contribution in [2.45, 2.75) is 31.3 Å². The summed E-state index contributed by atoms with van der Waals surface area (Å²) in [5, 5.41) is 2.97. The molecule has 0 spiro atoms. The molecule has 0 aromatic carbocycles. The van der Waals surface area contributed by atoms with Gasteiger partial charge in [0.25, 0.3) is 0 Å². The van der Waals surface area contributed by atoms with E-state index >= 15 is 0 Å². The van der Waals surface area contributed by atoms with Crippen molar-refractivity contribution < 1.29 is 9.53 Å². The second-order valence-electron chi connectivity index (χ2n) is 4.24. The van der Waals surface area contributed by atoms with Crippen molar-refractivity contribution >= 4 is 17.7 Å². The maximum atomic E-state index is 11.7. The van der Waals surface area contributed by atoms with E-state index in [2.05, 4.69) is 5.32 Å². The number of nitrogens with one attached hydrogen (secondary N) is 1. The molecule has 1 amide bonds. The third-order valence-electron chi connectivity index (χ3n) is 2.61. The molecule has 1 heterocycles. The summed E-state index contributed by atoms with van der Waals surface area (Å²) in [5.74, 6) is 0.860. The molecule has 1 aliphatic heterocycles. The SMILES string of the molecule is CSCC[C@@H](N)C(=O)NC1(C)CCOC1. The molecule has 0 bridgehead atoms. The summed E-state index contributed by atoms with van der Waals surface area (Å²) in [7, 11) is 0. The van der Waals surface area contributed by atoms with Crippen LogP contribution < -0.4 is 11.1 Å². The molecule has 1 aliphatic rings. The maximum Gasteiger partial charge on any atom is 0.237 e. The minimum absolute atomic E-state index is 0.0583. The highest BCUT2D eigenvalue weighted by Gasteiger charge is 2.32. The molecule has 4 nitrogen and oxygen atoms in total. The first-order chi connectivity index (χ1) is 7.07. The minimum Gasteiger partial charge on any atom is -0.379 e. The molecular formula is C10H20N2O2S. The molecule has 3 N–H and O–H groups in total. The molecule has 0 aromatic rings. The summed E-state index contributed by atoms with van der Waals surface area (Å²) in [6.45, 7) is 3.31. The van der Waals surface area contributed by atoms with E-state index in [0.29, 0.717) is 6.61 Å². The van der Waals surface area contributed by atoms with Crippen molar-refractivity contribution in [1.82, 2.24) is 5.32 Å². The number of amides is 1. The topological polar surface area (TPSA) is 64.4 Å². The van der Waals surface area contributed by atoms with Gasteiger partial charge in [0.1, 0.15) is 0 Å². The molecule has 0 aromatic heterocycles. The van der Waals surface area contributed by atoms with Gasteiger partial charge in [-0.05, 0) is 31.8 Å². The maximum absolute atomic E-state index is 11.7. The standard InChI is InChI=1S/C10H20N2O2S/c1-10(4-5-14-7-10)12-9(13)8(11)3-6-15-2/h8H,3-7,11H2,1-2H3,(H,12,13)/t8-,10?/m1/s1. The van der Waals surface area contributed by atoms with Crippen LogP contribution in [0.15, 0.2) is 0 Å². The van der Waals surface area contributed by atoms with Gasteiger partial charge in [-0.3, -0.25) is 4.79 Å². The number of thioether (sulfide) groups is 1. The van der Waals surface area contributed by atoms with Gasteiger partial charge in [-0.1, -0.05) is 0 Å². The summed E-state index contributed by atoms with van der Waals surface area (Å²) in [6, 6.07) is -0.394. The third-order valence-corrected chi connectivity index (χ3v) is 3.26. The fourth-order valence-electron chi connectivity index (χ4n) is 1.53. The van der Waals surface area contributed by atoms with Crippen molar-refractivity contribution in [2.24, 2.45) is 5.73 Å². The van der Waals surface area contributed by atoms with Crippen molar-refractivity contribution in [3.8, 4) is 0 Å². The largest absolute Gasteiger partial charge is 0.379 e. The first-order valence-electron chi connectivity index (χ1n) is 5.22. The Morgan fingerprint density at radius 1 is 1.73 bits per heavy atom. The van der Waals surface area contributed by atoms with Crippen molar-refractivity contribution in [1.29, 1.82) is 0 Å². The fraction of sp³-hybridized carbons (Fsp3) is 0.900. The first kappa shape index (κ1) is 12.8. The summed E-state index contributed by atoms with van der Waals surface area (Å²) in [5.41, 5.74) is 5.56. The first-order valence-corrected chi connectivity index (χ1v) is 6.61. The van der Waals surface area contributed by atoms with Crippen LogP contribution in [0.25, 0.3) is 0 Å². The summed E-state index contributed by atoms with van der Waals surface area (Å²) in [4.78, 5) is 11.7. The molecule has 1 saturated heterocycles. The normalized spacial score (nSPS) is 27.7. The van der Waals surface area contributed by atoms with Crippen LogP contribution >= 0.6 is 11.8 Å². The third kappa shape index (κ3) is 4.01. The van der Waals surface area contributed by atoms with Crippen molar-refractivity contribution in [2.75, 3.05) is 25.2 Å². The highest BCUT2D eigenvalue weighted by molar-refractivity contribution is 7.98. The molecule has 15 heavy (non-hydrogen) atoms. The van der Waals surface area contributed by atoms with E-state index in [1.807, 2.05) is 13.2 Å². The van der Waals surface area contributed by atoms with Crippen LogP contribution in [-0.4, -0.2) is 42.7 Å². The molecule has 1 fully saturated rings. The predicted octanol–water partition coefficient (Wildman–Crippen LogP) is 0.362. The van der Waals surface area contributed by atoms with E-state index in [0.717, 1.165) is 25.2 Å². The highest BCUT2D eigenvalue weighted by Crippen LogP contribution is 2.17. The fourth-order valence-corrected chi connectivity index (χ4v) is 2.02. The molecule has 5 heteroatoms. The monoisotopic (exact) mass is 232 g/mol. The number of nitrogens with two attached hydrogens (primary N) is 1. The Labute approximate surface area is 95.3 Å². The number of rotatable bonds is 5. The lowest BCUT2D eigenvalue weighted by Gasteiger charge is -2.25. The average molecular weight is 232 g/mol. The van der Waals surface area contributed by atoms with Gasteiger partial charge < -0.3 is 15.8 Å². The van der Waals surface area contributed by atoms with Gasteiger partial charge in [0.2, 0.25) is 5.91 Å². The van der Waals surface area contributed by atoms with Crippen LogP contribution in [-0.2, 0) is 9.53 Å². The molecular weight excluding hydrogens is 212 g/mol. The zero-order valence-corrected chi connectivity index (χ0v) is 10.2. The van der Waals surface area contributed by atoms with Gasteiger partial charge in [0.05, 0.1) is 18.2 Å². The van der Waals surface area contributed by atoms with Crippen LogP contribution in [0, 0.1) is 0 Å². The van der Waals surface area contributed by atoms with Gasteiger partial charge in [0.15, 0.2) is 0 Å². The zero-order chi connectivity index (χ0) is 11.3. The average Bonchev–Trinajstić information content (AvgIpc) is 2.61. The van der Waals surface area contributed by atoms with Crippen LogP contribution in [0.1, 0.15) is 19.8 Å². The van der Waals surface area contributed by atoms with E-state index in [4.69, 9.17) is 10.5 Å². The van der Waals surface area contributed by atoms with E-state index in [9.17, 15) is 4.79 Å². The molecule has 2 atom stereocenters. The number of ether oxygens (including phenoxy) is 1. The number of hydrogen-bond donors (Lipinski definition) is 2. The van der Waals surface area contributed by atoms with E-state index in [1.165, 1.54) is 0 Å². The van der Waals surface area contributed by atoms with E-state index in [-0.39, 0.29) is 11.4 Å².